The van der Waals surface area contributed by atoms with Crippen molar-refractivity contribution in [3.63, 3.8) is 0 Å². The molecule has 0 spiro atoms. The van der Waals surface area contributed by atoms with E-state index in [1.54, 1.807) is 6.07 Å². The first-order valence-corrected chi connectivity index (χ1v) is 10.5. The van der Waals surface area contributed by atoms with Gasteiger partial charge in [-0.3, -0.25) is 9.59 Å². The summed E-state index contributed by atoms with van der Waals surface area (Å²) in [5, 5.41) is 8.41. The third-order valence-electron chi connectivity index (χ3n) is 4.95. The van der Waals surface area contributed by atoms with Gasteiger partial charge in [-0.25, -0.2) is 5.43 Å². The van der Waals surface area contributed by atoms with Crippen LogP contribution < -0.4 is 15.5 Å². The molecule has 0 aliphatic heterocycles. The smallest absolute Gasteiger partial charge is 0.259 e. The number of rotatable bonds is 8. The summed E-state index contributed by atoms with van der Waals surface area (Å²) in [6.45, 7) is 0.286. The van der Waals surface area contributed by atoms with Crippen molar-refractivity contribution in [1.29, 1.82) is 0 Å². The Bertz CT molecular complexity index is 1280. The van der Waals surface area contributed by atoms with Crippen molar-refractivity contribution in [2.45, 2.75) is 6.61 Å². The van der Waals surface area contributed by atoms with Crippen LogP contribution in [0.3, 0.4) is 0 Å². The zero-order valence-corrected chi connectivity index (χ0v) is 17.9. The minimum absolute atomic E-state index is 0.181. The van der Waals surface area contributed by atoms with Crippen LogP contribution in [0.2, 0.25) is 0 Å². The number of carbonyl (C=O) groups is 2. The molecular weight excluding hydrogens is 414 g/mol. The molecule has 6 nitrogen and oxygen atoms in total. The predicted octanol–water partition coefficient (Wildman–Crippen LogP) is 4.30. The van der Waals surface area contributed by atoms with Crippen LogP contribution in [0.4, 0.5) is 0 Å². The van der Waals surface area contributed by atoms with E-state index in [0.29, 0.717) is 17.9 Å². The Morgan fingerprint density at radius 3 is 2.48 bits per heavy atom. The fourth-order valence-electron chi connectivity index (χ4n) is 3.32. The summed E-state index contributed by atoms with van der Waals surface area (Å²) >= 11 is 0. The lowest BCUT2D eigenvalue weighted by molar-refractivity contribution is -0.120. The van der Waals surface area contributed by atoms with Gasteiger partial charge in [0.2, 0.25) is 0 Å². The number of benzene rings is 4. The lowest BCUT2D eigenvalue weighted by Crippen LogP contribution is -2.35. The monoisotopic (exact) mass is 437 g/mol. The second kappa shape index (κ2) is 10.7. The van der Waals surface area contributed by atoms with Crippen LogP contribution in [-0.2, 0) is 11.4 Å². The molecule has 33 heavy (non-hydrogen) atoms. The van der Waals surface area contributed by atoms with Gasteiger partial charge >= 0.3 is 0 Å². The van der Waals surface area contributed by atoms with Crippen molar-refractivity contribution in [3.8, 4) is 5.75 Å². The lowest BCUT2D eigenvalue weighted by atomic mass is 10.0. The molecule has 0 fully saturated rings. The van der Waals surface area contributed by atoms with E-state index in [-0.39, 0.29) is 12.5 Å². The molecule has 0 radical (unpaired) electrons. The van der Waals surface area contributed by atoms with Crippen LogP contribution >= 0.6 is 0 Å². The molecule has 0 aromatic heterocycles. The summed E-state index contributed by atoms with van der Waals surface area (Å²) in [6, 6.07) is 30.4. The molecule has 4 rings (SSSR count). The molecule has 2 amide bonds. The maximum absolute atomic E-state index is 12.5. The zero-order chi connectivity index (χ0) is 22.9. The van der Waals surface area contributed by atoms with E-state index in [1.807, 2.05) is 91.0 Å². The molecule has 0 saturated carbocycles. The summed E-state index contributed by atoms with van der Waals surface area (Å²) in [5.74, 6) is -0.0259. The highest BCUT2D eigenvalue weighted by molar-refractivity contribution is 6.07. The molecule has 0 saturated heterocycles. The largest absolute Gasteiger partial charge is 0.489 e. The first kappa shape index (κ1) is 21.8. The van der Waals surface area contributed by atoms with Gasteiger partial charge in [-0.05, 0) is 40.1 Å². The third kappa shape index (κ3) is 6.04. The first-order valence-electron chi connectivity index (χ1n) is 10.5. The normalized spacial score (nSPS) is 10.8. The van der Waals surface area contributed by atoms with E-state index in [4.69, 9.17) is 4.74 Å². The minimum Gasteiger partial charge on any atom is -0.489 e. The standard InChI is InChI=1S/C27H23N3O3/c31-26(18-28-27(32)25-15-7-12-22-11-4-5-14-24(22)25)30-29-17-21-10-6-13-23(16-21)33-19-20-8-2-1-3-9-20/h1-17H,18-19H2,(H,28,32)(H,30,31). The van der Waals surface area contributed by atoms with Gasteiger partial charge < -0.3 is 10.1 Å². The van der Waals surface area contributed by atoms with E-state index in [0.717, 1.165) is 21.9 Å². The molecule has 0 aliphatic rings. The van der Waals surface area contributed by atoms with Crippen molar-refractivity contribution in [3.05, 3.63) is 114 Å². The van der Waals surface area contributed by atoms with Crippen LogP contribution in [0.25, 0.3) is 10.8 Å². The highest BCUT2D eigenvalue weighted by Gasteiger charge is 2.10. The van der Waals surface area contributed by atoms with Gasteiger partial charge in [0, 0.05) is 5.56 Å². The average Bonchev–Trinajstić information content (AvgIpc) is 2.86. The first-order chi connectivity index (χ1) is 16.2. The van der Waals surface area contributed by atoms with Gasteiger partial charge in [0.15, 0.2) is 0 Å². The van der Waals surface area contributed by atoms with Crippen LogP contribution in [0.15, 0.2) is 102 Å². The SMILES string of the molecule is O=C(CNC(=O)c1cccc2ccccc12)NN=Cc1cccc(OCc2ccccc2)c1. The van der Waals surface area contributed by atoms with E-state index < -0.39 is 5.91 Å². The maximum Gasteiger partial charge on any atom is 0.259 e. The zero-order valence-electron chi connectivity index (χ0n) is 17.9. The summed E-state index contributed by atoms with van der Waals surface area (Å²) in [4.78, 5) is 24.6. The van der Waals surface area contributed by atoms with Crippen molar-refractivity contribution in [1.82, 2.24) is 10.7 Å². The second-order valence-corrected chi connectivity index (χ2v) is 7.35. The molecule has 0 atom stereocenters. The fourth-order valence-corrected chi connectivity index (χ4v) is 3.32. The van der Waals surface area contributed by atoms with Crippen LogP contribution in [0, 0.1) is 0 Å². The third-order valence-corrected chi connectivity index (χ3v) is 4.95. The highest BCUT2D eigenvalue weighted by Crippen LogP contribution is 2.18. The second-order valence-electron chi connectivity index (χ2n) is 7.35. The number of hydrazone groups is 1. The molecule has 0 bridgehead atoms. The minimum atomic E-state index is -0.420. The van der Waals surface area contributed by atoms with Gasteiger partial charge in [0.1, 0.15) is 12.4 Å². The number of fused-ring (bicyclic) bond motifs is 1. The highest BCUT2D eigenvalue weighted by atomic mass is 16.5. The average molecular weight is 437 g/mol. The Kier molecular flexibility index (Phi) is 7.08. The van der Waals surface area contributed by atoms with Gasteiger partial charge in [0.25, 0.3) is 11.8 Å². The van der Waals surface area contributed by atoms with Gasteiger partial charge in [-0.2, -0.15) is 5.10 Å². The lowest BCUT2D eigenvalue weighted by Gasteiger charge is -2.08. The Balaban J connectivity index is 1.27. The van der Waals surface area contributed by atoms with Crippen molar-refractivity contribution in [2.75, 3.05) is 6.54 Å². The Morgan fingerprint density at radius 1 is 0.848 bits per heavy atom. The van der Waals surface area contributed by atoms with Crippen molar-refractivity contribution >= 4 is 28.8 Å². The quantitative estimate of drug-likeness (QED) is 0.319. The van der Waals surface area contributed by atoms with E-state index in [2.05, 4.69) is 15.8 Å². The predicted molar refractivity (Wildman–Crippen MR) is 129 cm³/mol. The molecule has 0 unspecified atom stereocenters. The number of nitrogens with one attached hydrogen (secondary N) is 2. The maximum atomic E-state index is 12.5. The van der Waals surface area contributed by atoms with Crippen molar-refractivity contribution in [2.24, 2.45) is 5.10 Å². The summed E-state index contributed by atoms with van der Waals surface area (Å²) in [6.07, 6.45) is 1.53. The number of amides is 2. The Hall–Kier alpha value is -4.45. The topological polar surface area (TPSA) is 79.8 Å². The Labute approximate surface area is 191 Å². The molecule has 4 aromatic rings. The summed E-state index contributed by atoms with van der Waals surface area (Å²) in [7, 11) is 0. The molecular formula is C27H23N3O3. The summed E-state index contributed by atoms with van der Waals surface area (Å²) in [5.41, 5.74) is 4.81. The number of hydrogen-bond acceptors (Lipinski definition) is 4. The van der Waals surface area contributed by atoms with E-state index >= 15 is 0 Å². The molecule has 0 heterocycles. The summed E-state index contributed by atoms with van der Waals surface area (Å²) < 4.78 is 5.80. The molecule has 164 valence electrons. The number of ether oxygens (including phenoxy) is 1. The van der Waals surface area contributed by atoms with Gasteiger partial charge in [-0.1, -0.05) is 78.9 Å². The fraction of sp³-hybridized carbons (Fsp3) is 0.0741. The Morgan fingerprint density at radius 2 is 1.61 bits per heavy atom. The number of carbonyl (C=O) groups excluding carboxylic acids is 2. The molecule has 2 N–H and O–H groups in total. The van der Waals surface area contributed by atoms with Crippen LogP contribution in [0.1, 0.15) is 21.5 Å². The molecule has 0 aliphatic carbocycles. The van der Waals surface area contributed by atoms with Crippen LogP contribution in [0.5, 0.6) is 5.75 Å². The van der Waals surface area contributed by atoms with Gasteiger partial charge in [0.05, 0.1) is 12.8 Å². The number of hydrogen-bond donors (Lipinski definition) is 2. The van der Waals surface area contributed by atoms with E-state index in [9.17, 15) is 9.59 Å². The van der Waals surface area contributed by atoms with Crippen molar-refractivity contribution < 1.29 is 14.3 Å². The van der Waals surface area contributed by atoms with E-state index in [1.165, 1.54) is 6.21 Å². The van der Waals surface area contributed by atoms with Crippen LogP contribution in [-0.4, -0.2) is 24.6 Å². The molecule has 4 aromatic carbocycles. The van der Waals surface area contributed by atoms with Gasteiger partial charge in [-0.15, -0.1) is 0 Å². The molecule has 6 heteroatoms. The number of nitrogens with zero attached hydrogens (tertiary/aromatic N) is 1.